The van der Waals surface area contributed by atoms with Crippen LogP contribution in [0.4, 0.5) is 17.1 Å². The van der Waals surface area contributed by atoms with E-state index >= 15 is 0 Å². The van der Waals surface area contributed by atoms with Gasteiger partial charge in [0.05, 0.1) is 14.8 Å². The van der Waals surface area contributed by atoms with Crippen molar-refractivity contribution in [1.82, 2.24) is 0 Å². The van der Waals surface area contributed by atoms with Gasteiger partial charge in [0.1, 0.15) is 0 Å². The molecule has 0 aliphatic rings. The summed E-state index contributed by atoms with van der Waals surface area (Å²) in [5.74, 6) is 0. The predicted molar refractivity (Wildman–Crippen MR) is 77.9 cm³/mol. The summed E-state index contributed by atoms with van der Waals surface area (Å²) in [7, 11) is 0. The Kier molecular flexibility index (Phi) is 5.90. The molecule has 0 amide bonds. The lowest BCUT2D eigenvalue weighted by Gasteiger charge is -1.97. The minimum absolute atomic E-state index is 0.669. The van der Waals surface area contributed by atoms with E-state index in [4.69, 9.17) is 11.6 Å². The zero-order valence-corrected chi connectivity index (χ0v) is 11.5. The van der Waals surface area contributed by atoms with Gasteiger partial charge in [-0.25, -0.2) is 0 Å². The molecule has 2 aromatic rings. The lowest BCUT2D eigenvalue weighted by atomic mass is 10.2. The first-order chi connectivity index (χ1) is 10.4. The van der Waals surface area contributed by atoms with Crippen LogP contribution in [0.25, 0.3) is 0 Å². The molecular formula is C12H8ClN3O6. The van der Waals surface area contributed by atoms with Gasteiger partial charge in [0.15, 0.2) is 0 Å². The summed E-state index contributed by atoms with van der Waals surface area (Å²) >= 11 is 5.36. The van der Waals surface area contributed by atoms with Crippen molar-refractivity contribution in [3.8, 4) is 0 Å². The Hall–Kier alpha value is -3.07. The smallest absolute Gasteiger partial charge is 0.258 e. The van der Waals surface area contributed by atoms with Gasteiger partial charge in [-0.15, -0.1) is 0 Å². The number of hydrogen-bond acceptors (Lipinski definition) is 6. The van der Waals surface area contributed by atoms with Crippen molar-refractivity contribution in [3.05, 3.63) is 83.9 Å². The topological polar surface area (TPSA) is 129 Å². The number of benzene rings is 2. The maximum Gasteiger partial charge on any atom is 0.371 e. The van der Waals surface area contributed by atoms with Gasteiger partial charge in [-0.05, 0) is 0 Å². The molecule has 0 saturated carbocycles. The molecule has 22 heavy (non-hydrogen) atoms. The lowest BCUT2D eigenvalue weighted by Crippen LogP contribution is -1.99. The standard InChI is InChI=1S/C6H2ClN3O6.C6H6/c7-5-3(8(11)12)1-2-4(9(13)14)6(5)10(15)16;1-2-4-6-5-3-1/h1-2H;1-6H. The summed E-state index contributed by atoms with van der Waals surface area (Å²) in [6.45, 7) is 0. The fourth-order valence-corrected chi connectivity index (χ4v) is 1.69. The number of hydrogen-bond donors (Lipinski definition) is 0. The number of rotatable bonds is 3. The summed E-state index contributed by atoms with van der Waals surface area (Å²) in [6.07, 6.45) is 0. The van der Waals surface area contributed by atoms with Gasteiger partial charge in [0, 0.05) is 12.1 Å². The van der Waals surface area contributed by atoms with Crippen molar-refractivity contribution < 1.29 is 14.8 Å². The van der Waals surface area contributed by atoms with Crippen molar-refractivity contribution in [2.75, 3.05) is 0 Å². The zero-order valence-electron chi connectivity index (χ0n) is 10.8. The van der Waals surface area contributed by atoms with Crippen LogP contribution in [-0.2, 0) is 0 Å². The summed E-state index contributed by atoms with van der Waals surface area (Å²) in [5.41, 5.74) is -2.72. The van der Waals surface area contributed by atoms with E-state index in [0.717, 1.165) is 6.07 Å². The molecule has 0 fully saturated rings. The number of nitro benzene ring substituents is 3. The number of halogens is 1. The van der Waals surface area contributed by atoms with Crippen LogP contribution in [0.5, 0.6) is 0 Å². The average molecular weight is 326 g/mol. The molecule has 0 spiro atoms. The Morgan fingerprint density at radius 1 is 0.682 bits per heavy atom. The lowest BCUT2D eigenvalue weighted by molar-refractivity contribution is -0.424. The van der Waals surface area contributed by atoms with Crippen LogP contribution >= 0.6 is 11.6 Å². The van der Waals surface area contributed by atoms with Crippen molar-refractivity contribution >= 4 is 28.7 Å². The van der Waals surface area contributed by atoms with Gasteiger partial charge in [-0.3, -0.25) is 30.3 Å². The highest BCUT2D eigenvalue weighted by Crippen LogP contribution is 2.40. The van der Waals surface area contributed by atoms with E-state index in [2.05, 4.69) is 0 Å². The van der Waals surface area contributed by atoms with Gasteiger partial charge in [0.2, 0.25) is 5.02 Å². The molecule has 2 rings (SSSR count). The molecule has 0 heterocycles. The quantitative estimate of drug-likeness (QED) is 0.624. The first-order valence-electron chi connectivity index (χ1n) is 5.62. The highest BCUT2D eigenvalue weighted by Gasteiger charge is 2.33. The van der Waals surface area contributed by atoms with Gasteiger partial charge in [0.25, 0.3) is 5.69 Å². The highest BCUT2D eigenvalue weighted by atomic mass is 35.5. The summed E-state index contributed by atoms with van der Waals surface area (Å²) in [5, 5.41) is 30.5. The van der Waals surface area contributed by atoms with Crippen molar-refractivity contribution in [2.45, 2.75) is 0 Å². The molecule has 0 N–H and O–H groups in total. The summed E-state index contributed by atoms with van der Waals surface area (Å²) in [4.78, 5) is 28.2. The van der Waals surface area contributed by atoms with Gasteiger partial charge >= 0.3 is 11.4 Å². The molecule has 0 bridgehead atoms. The van der Waals surface area contributed by atoms with Crippen LogP contribution in [0.2, 0.25) is 5.02 Å². The Balaban J connectivity index is 0.000000335. The van der Waals surface area contributed by atoms with E-state index in [-0.39, 0.29) is 0 Å². The first-order valence-corrected chi connectivity index (χ1v) is 5.99. The maximum atomic E-state index is 10.5. The van der Waals surface area contributed by atoms with Gasteiger partial charge in [-0.1, -0.05) is 48.0 Å². The molecule has 0 aliphatic heterocycles. The number of nitrogens with zero attached hydrogens (tertiary/aromatic N) is 3. The molecule has 2 aromatic carbocycles. The SMILES string of the molecule is O=[N+]([O-])c1ccc([N+](=O)[O-])c([N+](=O)[O-])c1Cl.c1ccccc1. The largest absolute Gasteiger partial charge is 0.371 e. The molecule has 114 valence electrons. The Morgan fingerprint density at radius 2 is 1.05 bits per heavy atom. The monoisotopic (exact) mass is 325 g/mol. The maximum absolute atomic E-state index is 10.5. The van der Waals surface area contributed by atoms with Crippen molar-refractivity contribution in [1.29, 1.82) is 0 Å². The van der Waals surface area contributed by atoms with E-state index in [0.29, 0.717) is 6.07 Å². The molecule has 9 nitrogen and oxygen atoms in total. The van der Waals surface area contributed by atoms with Gasteiger partial charge in [-0.2, -0.15) is 0 Å². The fraction of sp³-hybridized carbons (Fsp3) is 0. The second-order valence-electron chi connectivity index (χ2n) is 3.69. The molecule has 0 radical (unpaired) electrons. The van der Waals surface area contributed by atoms with E-state index < -0.39 is 36.9 Å². The number of nitro groups is 3. The van der Waals surface area contributed by atoms with E-state index in [9.17, 15) is 30.3 Å². The molecule has 0 saturated heterocycles. The van der Waals surface area contributed by atoms with Crippen molar-refractivity contribution in [2.24, 2.45) is 0 Å². The zero-order chi connectivity index (χ0) is 16.7. The van der Waals surface area contributed by atoms with Crippen LogP contribution in [-0.4, -0.2) is 14.8 Å². The Bertz CT molecular complexity index is 681. The van der Waals surface area contributed by atoms with Crippen LogP contribution in [0.1, 0.15) is 0 Å². The van der Waals surface area contributed by atoms with Crippen LogP contribution in [0.15, 0.2) is 48.5 Å². The summed E-state index contributed by atoms with van der Waals surface area (Å²) < 4.78 is 0. The average Bonchev–Trinajstić information content (AvgIpc) is 2.48. The normalized spacial score (nSPS) is 9.32. The third-order valence-electron chi connectivity index (χ3n) is 2.32. The first kappa shape index (κ1) is 17.0. The minimum Gasteiger partial charge on any atom is -0.258 e. The molecular weight excluding hydrogens is 318 g/mol. The molecule has 0 aromatic heterocycles. The second-order valence-corrected chi connectivity index (χ2v) is 4.07. The van der Waals surface area contributed by atoms with Gasteiger partial charge < -0.3 is 0 Å². The van der Waals surface area contributed by atoms with Crippen molar-refractivity contribution in [3.63, 3.8) is 0 Å². The third kappa shape index (κ3) is 4.21. The van der Waals surface area contributed by atoms with E-state index in [1.165, 1.54) is 0 Å². The molecule has 0 atom stereocenters. The van der Waals surface area contributed by atoms with Crippen LogP contribution in [0, 0.1) is 30.3 Å². The minimum atomic E-state index is -1.13. The molecule has 0 aliphatic carbocycles. The molecule has 10 heteroatoms. The van der Waals surface area contributed by atoms with E-state index in [1.54, 1.807) is 0 Å². The summed E-state index contributed by atoms with van der Waals surface area (Å²) in [6, 6.07) is 13.4. The fourth-order valence-electron chi connectivity index (χ4n) is 1.39. The molecule has 0 unspecified atom stereocenters. The Morgan fingerprint density at radius 3 is 1.36 bits per heavy atom. The second kappa shape index (κ2) is 7.64. The predicted octanol–water partition coefficient (Wildman–Crippen LogP) is 3.75. The van der Waals surface area contributed by atoms with E-state index in [1.807, 2.05) is 36.4 Å². The van der Waals surface area contributed by atoms with Crippen LogP contribution < -0.4 is 0 Å². The third-order valence-corrected chi connectivity index (χ3v) is 2.69. The Labute approximate surface area is 128 Å². The highest BCUT2D eigenvalue weighted by molar-refractivity contribution is 6.35. The van der Waals surface area contributed by atoms with Crippen LogP contribution in [0.3, 0.4) is 0 Å².